The Morgan fingerprint density at radius 2 is 1.15 bits per heavy atom. The molecule has 2 aromatic carbocycles. The molecule has 0 saturated heterocycles. The van der Waals surface area contributed by atoms with Crippen molar-refractivity contribution in [3.05, 3.63) is 66.2 Å². The Labute approximate surface area is 126 Å². The third-order valence-corrected chi connectivity index (χ3v) is 7.19. The third kappa shape index (κ3) is 3.38. The van der Waals surface area contributed by atoms with Crippen LogP contribution in [0.25, 0.3) is 5.57 Å². The van der Waals surface area contributed by atoms with Crippen LogP contribution < -0.4 is 10.4 Å². The van der Waals surface area contributed by atoms with E-state index in [1.165, 1.54) is 21.5 Å². The van der Waals surface area contributed by atoms with E-state index in [1.54, 1.807) is 0 Å². The summed E-state index contributed by atoms with van der Waals surface area (Å²) in [5, 5.41) is 3.02. The minimum Gasteiger partial charge on any atom is -0.0906 e. The highest BCUT2D eigenvalue weighted by Gasteiger charge is 2.08. The van der Waals surface area contributed by atoms with Crippen LogP contribution in [0.15, 0.2) is 55.1 Å². The van der Waals surface area contributed by atoms with Crippen molar-refractivity contribution in [2.45, 2.75) is 26.2 Å². The molecule has 0 amide bonds. The monoisotopic (exact) mass is 296 g/mol. The minimum atomic E-state index is -0.752. The van der Waals surface area contributed by atoms with E-state index in [4.69, 9.17) is 0 Å². The van der Waals surface area contributed by atoms with Crippen LogP contribution in [-0.4, -0.2) is 17.6 Å². The molecule has 20 heavy (non-hydrogen) atoms. The first kappa shape index (κ1) is 15.0. The highest BCUT2D eigenvalue weighted by molar-refractivity contribution is 6.71. The SMILES string of the molecule is C=C(c1cccc([SiH](C)C)c1)c1cccc([SiH](C)C)c1. The molecule has 0 N–H and O–H groups in total. The highest BCUT2D eigenvalue weighted by Crippen LogP contribution is 2.20. The lowest BCUT2D eigenvalue weighted by atomic mass is 10.00. The summed E-state index contributed by atoms with van der Waals surface area (Å²) >= 11 is 0. The largest absolute Gasteiger partial charge is 0.0906 e. The van der Waals surface area contributed by atoms with E-state index in [1.807, 2.05) is 0 Å². The zero-order valence-electron chi connectivity index (χ0n) is 13.0. The van der Waals surface area contributed by atoms with Gasteiger partial charge in [-0.15, -0.1) is 0 Å². The molecule has 2 heteroatoms. The fourth-order valence-electron chi connectivity index (χ4n) is 2.34. The quantitative estimate of drug-likeness (QED) is 0.761. The Morgan fingerprint density at radius 3 is 1.50 bits per heavy atom. The van der Waals surface area contributed by atoms with E-state index in [0.29, 0.717) is 0 Å². The standard InChI is InChI=1S/C18H24Si2/c1-14(15-8-6-10-17(12-15)19(2)3)16-9-7-11-18(13-16)20(4)5/h6-13,19-20H,1H2,2-5H3. The van der Waals surface area contributed by atoms with Crippen LogP contribution in [0.1, 0.15) is 11.1 Å². The fourth-order valence-corrected chi connectivity index (χ4v) is 4.36. The molecular formula is C18H24Si2. The Balaban J connectivity index is 2.36. The molecule has 0 bridgehead atoms. The summed E-state index contributed by atoms with van der Waals surface area (Å²) in [6, 6.07) is 17.9. The first-order chi connectivity index (χ1) is 9.49. The molecule has 0 aliphatic rings. The van der Waals surface area contributed by atoms with Gasteiger partial charge in [0.1, 0.15) is 0 Å². The second-order valence-electron chi connectivity index (χ2n) is 6.04. The van der Waals surface area contributed by atoms with E-state index >= 15 is 0 Å². The van der Waals surface area contributed by atoms with Crippen molar-refractivity contribution in [3.8, 4) is 0 Å². The van der Waals surface area contributed by atoms with Crippen molar-refractivity contribution in [3.63, 3.8) is 0 Å². The molecule has 0 nitrogen and oxygen atoms in total. The van der Waals surface area contributed by atoms with Crippen molar-refractivity contribution in [2.75, 3.05) is 0 Å². The van der Waals surface area contributed by atoms with Crippen LogP contribution >= 0.6 is 0 Å². The van der Waals surface area contributed by atoms with Crippen LogP contribution in [-0.2, 0) is 0 Å². The fraction of sp³-hybridized carbons (Fsp3) is 0.222. The van der Waals surface area contributed by atoms with Gasteiger partial charge < -0.3 is 0 Å². The van der Waals surface area contributed by atoms with E-state index in [9.17, 15) is 0 Å². The Morgan fingerprint density at radius 1 is 0.750 bits per heavy atom. The van der Waals surface area contributed by atoms with Gasteiger partial charge in [-0.25, -0.2) is 0 Å². The van der Waals surface area contributed by atoms with E-state index in [-0.39, 0.29) is 0 Å². The number of rotatable bonds is 4. The predicted octanol–water partition coefficient (Wildman–Crippen LogP) is 3.14. The van der Waals surface area contributed by atoms with Crippen molar-refractivity contribution in [1.82, 2.24) is 0 Å². The molecule has 0 aliphatic carbocycles. The number of hydrogen-bond acceptors (Lipinski definition) is 0. The van der Waals surface area contributed by atoms with E-state index in [0.717, 1.165) is 5.57 Å². The predicted molar refractivity (Wildman–Crippen MR) is 98.0 cm³/mol. The van der Waals surface area contributed by atoms with Gasteiger partial charge in [0.25, 0.3) is 0 Å². The van der Waals surface area contributed by atoms with Gasteiger partial charge in [-0.05, 0) is 16.7 Å². The van der Waals surface area contributed by atoms with Crippen molar-refractivity contribution < 1.29 is 0 Å². The molecule has 0 atom stereocenters. The Bertz CT molecular complexity index is 559. The molecule has 0 saturated carbocycles. The first-order valence-electron chi connectivity index (χ1n) is 7.38. The molecule has 0 heterocycles. The molecule has 0 aliphatic heterocycles. The van der Waals surface area contributed by atoms with Gasteiger partial charge >= 0.3 is 0 Å². The molecule has 0 fully saturated rings. The maximum absolute atomic E-state index is 4.33. The second-order valence-corrected chi connectivity index (χ2v) is 12.0. The minimum absolute atomic E-state index is 0.752. The normalized spacial score (nSPS) is 11.1. The summed E-state index contributed by atoms with van der Waals surface area (Å²) in [5.74, 6) is 0. The summed E-state index contributed by atoms with van der Waals surface area (Å²) in [4.78, 5) is 0. The zero-order valence-corrected chi connectivity index (χ0v) is 15.3. The number of hydrogen-bond donors (Lipinski definition) is 0. The molecule has 2 aromatic rings. The lowest BCUT2D eigenvalue weighted by Crippen LogP contribution is -2.23. The van der Waals surface area contributed by atoms with Gasteiger partial charge in [-0.2, -0.15) is 0 Å². The van der Waals surface area contributed by atoms with Crippen LogP contribution in [0.2, 0.25) is 26.2 Å². The van der Waals surface area contributed by atoms with Gasteiger partial charge in [0.05, 0.1) is 17.6 Å². The van der Waals surface area contributed by atoms with Gasteiger partial charge in [0.2, 0.25) is 0 Å². The first-order valence-corrected chi connectivity index (χ1v) is 13.2. The van der Waals surface area contributed by atoms with Gasteiger partial charge in [-0.3, -0.25) is 0 Å². The molecule has 104 valence electrons. The third-order valence-electron chi connectivity index (χ3n) is 3.80. The van der Waals surface area contributed by atoms with Gasteiger partial charge in [0, 0.05) is 0 Å². The summed E-state index contributed by atoms with van der Waals surface area (Å²) in [5.41, 5.74) is 3.69. The van der Waals surface area contributed by atoms with E-state index in [2.05, 4.69) is 81.3 Å². The van der Waals surface area contributed by atoms with E-state index < -0.39 is 17.6 Å². The highest BCUT2D eigenvalue weighted by atomic mass is 28.3. The van der Waals surface area contributed by atoms with Crippen LogP contribution in [0.5, 0.6) is 0 Å². The topological polar surface area (TPSA) is 0 Å². The molecule has 2 rings (SSSR count). The molecular weight excluding hydrogens is 272 g/mol. The maximum Gasteiger partial charge on any atom is 0.0647 e. The molecule has 0 spiro atoms. The summed E-state index contributed by atoms with van der Waals surface area (Å²) in [6.45, 7) is 13.8. The van der Waals surface area contributed by atoms with Crippen LogP contribution in [0.3, 0.4) is 0 Å². The lowest BCUT2D eigenvalue weighted by Gasteiger charge is -2.12. The molecule has 0 unspecified atom stereocenters. The molecule has 0 aromatic heterocycles. The number of benzene rings is 2. The lowest BCUT2D eigenvalue weighted by molar-refractivity contribution is 1.58. The molecule has 0 radical (unpaired) electrons. The van der Waals surface area contributed by atoms with Gasteiger partial charge in [-0.1, -0.05) is 91.7 Å². The van der Waals surface area contributed by atoms with Crippen molar-refractivity contribution >= 4 is 33.5 Å². The summed E-state index contributed by atoms with van der Waals surface area (Å²) in [6.07, 6.45) is 0. The van der Waals surface area contributed by atoms with Crippen molar-refractivity contribution in [1.29, 1.82) is 0 Å². The second kappa shape index (κ2) is 6.38. The van der Waals surface area contributed by atoms with Crippen LogP contribution in [0, 0.1) is 0 Å². The average molecular weight is 297 g/mol. The van der Waals surface area contributed by atoms with Gasteiger partial charge in [0.15, 0.2) is 0 Å². The van der Waals surface area contributed by atoms with Crippen molar-refractivity contribution in [2.24, 2.45) is 0 Å². The zero-order chi connectivity index (χ0) is 14.7. The Kier molecular flexibility index (Phi) is 4.79. The Hall–Kier alpha value is -1.39. The smallest absolute Gasteiger partial charge is 0.0647 e. The summed E-state index contributed by atoms with van der Waals surface area (Å²) in [7, 11) is -1.50. The van der Waals surface area contributed by atoms with Crippen LogP contribution in [0.4, 0.5) is 0 Å². The average Bonchev–Trinajstić information content (AvgIpc) is 2.46. The maximum atomic E-state index is 4.33. The summed E-state index contributed by atoms with van der Waals surface area (Å²) < 4.78 is 0.